The monoisotopic (exact) mass is 451 g/mol. The Morgan fingerprint density at radius 2 is 1.67 bits per heavy atom. The van der Waals surface area contributed by atoms with Crippen molar-refractivity contribution >= 4 is 11.9 Å². The number of fused-ring (bicyclic) bond motifs is 3. The molecule has 4 N–H and O–H groups in total. The number of rotatable bonds is 7. The Kier molecular flexibility index (Phi) is 6.20. The molecule has 0 bridgehead atoms. The van der Waals surface area contributed by atoms with Gasteiger partial charge in [0.1, 0.15) is 18.8 Å². The molecule has 2 atom stereocenters. The standard InChI is InChI=1S/C23H21N3O7/c27-19-10-9-18(25-22(19)26(31)32)21(29)20(28)11-24-23(30)33-12-17-15-7-3-1-5-13(15)14-6-2-4-8-16(14)17/h1-10,17,20-21,27-29H,11-12H2,(H,24,30). The Labute approximate surface area is 188 Å². The molecule has 1 aliphatic rings. The van der Waals surface area contributed by atoms with Gasteiger partial charge in [-0.3, -0.25) is 0 Å². The van der Waals surface area contributed by atoms with Crippen LogP contribution in [0.5, 0.6) is 5.75 Å². The number of ether oxygens (including phenoxy) is 1. The van der Waals surface area contributed by atoms with Crippen molar-refractivity contribution in [1.29, 1.82) is 0 Å². The van der Waals surface area contributed by atoms with Crippen LogP contribution in [-0.4, -0.2) is 50.6 Å². The quantitative estimate of drug-likeness (QED) is 0.316. The molecule has 1 aliphatic carbocycles. The highest BCUT2D eigenvalue weighted by atomic mass is 16.6. The van der Waals surface area contributed by atoms with E-state index in [1.54, 1.807) is 0 Å². The van der Waals surface area contributed by atoms with Gasteiger partial charge in [-0.1, -0.05) is 48.5 Å². The van der Waals surface area contributed by atoms with Crippen molar-refractivity contribution < 1.29 is 29.8 Å². The lowest BCUT2D eigenvalue weighted by atomic mass is 9.98. The zero-order chi connectivity index (χ0) is 23.5. The summed E-state index contributed by atoms with van der Waals surface area (Å²) in [6.45, 7) is -0.293. The summed E-state index contributed by atoms with van der Waals surface area (Å²) in [6, 6.07) is 17.9. The molecule has 1 heterocycles. The Balaban J connectivity index is 1.35. The van der Waals surface area contributed by atoms with E-state index in [-0.39, 0.29) is 24.8 Å². The summed E-state index contributed by atoms with van der Waals surface area (Å²) in [5.74, 6) is -1.63. The molecule has 10 heteroatoms. The topological polar surface area (TPSA) is 155 Å². The van der Waals surface area contributed by atoms with E-state index in [2.05, 4.69) is 10.3 Å². The second-order valence-electron chi connectivity index (χ2n) is 7.55. The lowest BCUT2D eigenvalue weighted by molar-refractivity contribution is -0.390. The minimum absolute atomic E-state index is 0.0875. The molecule has 2 aromatic carbocycles. The van der Waals surface area contributed by atoms with Gasteiger partial charge >= 0.3 is 11.9 Å². The van der Waals surface area contributed by atoms with Crippen molar-refractivity contribution in [2.24, 2.45) is 0 Å². The van der Waals surface area contributed by atoms with Gasteiger partial charge in [0, 0.05) is 12.5 Å². The molecule has 0 aliphatic heterocycles. The first-order valence-electron chi connectivity index (χ1n) is 10.2. The van der Waals surface area contributed by atoms with Gasteiger partial charge in [-0.25, -0.2) is 4.79 Å². The fourth-order valence-electron chi connectivity index (χ4n) is 3.90. The zero-order valence-electron chi connectivity index (χ0n) is 17.3. The summed E-state index contributed by atoms with van der Waals surface area (Å²) in [6.07, 6.45) is -3.92. The number of aromatic hydroxyl groups is 1. The molecule has 3 aromatic rings. The molecule has 4 rings (SSSR count). The summed E-state index contributed by atoms with van der Waals surface area (Å²) in [5, 5.41) is 43.1. The Morgan fingerprint density at radius 3 is 2.27 bits per heavy atom. The summed E-state index contributed by atoms with van der Waals surface area (Å²) >= 11 is 0. The molecule has 2 unspecified atom stereocenters. The number of carbonyl (C=O) groups is 1. The number of alkyl carbamates (subject to hydrolysis) is 1. The van der Waals surface area contributed by atoms with Crippen LogP contribution in [0.15, 0.2) is 60.7 Å². The maximum atomic E-state index is 12.2. The lowest BCUT2D eigenvalue weighted by Gasteiger charge is -2.17. The molecule has 0 spiro atoms. The van der Waals surface area contributed by atoms with Crippen molar-refractivity contribution in [2.45, 2.75) is 18.1 Å². The first-order chi connectivity index (χ1) is 15.9. The molecule has 0 saturated heterocycles. The minimum Gasteiger partial charge on any atom is -0.501 e. The number of nitrogens with one attached hydrogen (secondary N) is 1. The van der Waals surface area contributed by atoms with Crippen molar-refractivity contribution in [3.05, 3.63) is 87.6 Å². The smallest absolute Gasteiger partial charge is 0.407 e. The van der Waals surface area contributed by atoms with E-state index in [1.807, 2.05) is 48.5 Å². The molecule has 0 saturated carbocycles. The molecule has 10 nitrogen and oxygen atoms in total. The number of pyridine rings is 1. The minimum atomic E-state index is -1.63. The molecule has 0 radical (unpaired) electrons. The zero-order valence-corrected chi connectivity index (χ0v) is 17.3. The largest absolute Gasteiger partial charge is 0.501 e. The van der Waals surface area contributed by atoms with Crippen molar-refractivity contribution in [3.63, 3.8) is 0 Å². The molecule has 0 fully saturated rings. The number of hydrogen-bond acceptors (Lipinski definition) is 8. The van der Waals surface area contributed by atoms with E-state index >= 15 is 0 Å². The first kappa shape index (κ1) is 22.2. The number of carbonyl (C=O) groups excluding carboxylic acids is 1. The fourth-order valence-corrected chi connectivity index (χ4v) is 3.90. The third-order valence-electron chi connectivity index (χ3n) is 5.52. The van der Waals surface area contributed by atoms with Crippen molar-refractivity contribution in [1.82, 2.24) is 10.3 Å². The van der Waals surface area contributed by atoms with E-state index < -0.39 is 34.8 Å². The number of amides is 1. The predicted molar refractivity (Wildman–Crippen MR) is 117 cm³/mol. The van der Waals surface area contributed by atoms with Crippen molar-refractivity contribution in [3.8, 4) is 16.9 Å². The van der Waals surface area contributed by atoms with Crippen LogP contribution in [0.2, 0.25) is 0 Å². The highest BCUT2D eigenvalue weighted by Gasteiger charge is 2.30. The number of hydrogen-bond donors (Lipinski definition) is 4. The number of nitrogens with zero attached hydrogens (tertiary/aromatic N) is 2. The summed E-state index contributed by atoms with van der Waals surface area (Å²) in [5.41, 5.74) is 4.08. The van der Waals surface area contributed by atoms with E-state index in [0.717, 1.165) is 34.4 Å². The number of benzene rings is 2. The predicted octanol–water partition coefficient (Wildman–Crippen LogP) is 2.63. The number of nitro groups is 1. The molecular weight excluding hydrogens is 430 g/mol. The highest BCUT2D eigenvalue weighted by molar-refractivity contribution is 5.79. The Bertz CT molecular complexity index is 1150. The Morgan fingerprint density at radius 1 is 1.06 bits per heavy atom. The number of aromatic nitrogens is 1. The van der Waals surface area contributed by atoms with Crippen LogP contribution < -0.4 is 5.32 Å². The van der Waals surface area contributed by atoms with Gasteiger partial charge in [0.2, 0.25) is 5.75 Å². The van der Waals surface area contributed by atoms with Crippen LogP contribution in [0.3, 0.4) is 0 Å². The highest BCUT2D eigenvalue weighted by Crippen LogP contribution is 2.44. The van der Waals surface area contributed by atoms with Crippen LogP contribution in [0.1, 0.15) is 28.8 Å². The lowest BCUT2D eigenvalue weighted by Crippen LogP contribution is -2.36. The maximum absolute atomic E-state index is 12.2. The van der Waals surface area contributed by atoms with Crippen LogP contribution in [0, 0.1) is 10.1 Å². The molecule has 1 aromatic heterocycles. The van der Waals surface area contributed by atoms with E-state index in [4.69, 9.17) is 4.74 Å². The van der Waals surface area contributed by atoms with Gasteiger partial charge in [-0.05, 0) is 44.3 Å². The van der Waals surface area contributed by atoms with Gasteiger partial charge in [0.25, 0.3) is 0 Å². The van der Waals surface area contributed by atoms with Crippen LogP contribution in [0.25, 0.3) is 11.1 Å². The van der Waals surface area contributed by atoms with E-state index in [1.165, 1.54) is 0 Å². The number of aliphatic hydroxyl groups is 2. The number of aliphatic hydroxyl groups excluding tert-OH is 2. The van der Waals surface area contributed by atoms with Crippen LogP contribution in [-0.2, 0) is 4.74 Å². The van der Waals surface area contributed by atoms with Crippen molar-refractivity contribution in [2.75, 3.05) is 13.2 Å². The molecular formula is C23H21N3O7. The van der Waals surface area contributed by atoms with Gasteiger partial charge in [-0.2, -0.15) is 0 Å². The normalized spacial score (nSPS) is 14.1. The van der Waals surface area contributed by atoms with Crippen LogP contribution in [0.4, 0.5) is 10.6 Å². The summed E-state index contributed by atoms with van der Waals surface area (Å²) in [7, 11) is 0. The van der Waals surface area contributed by atoms with Gasteiger partial charge < -0.3 is 35.5 Å². The van der Waals surface area contributed by atoms with Crippen LogP contribution >= 0.6 is 0 Å². The average Bonchev–Trinajstić information content (AvgIpc) is 3.14. The Hall–Kier alpha value is -4.02. The fraction of sp³-hybridized carbons (Fsp3) is 0.217. The third-order valence-corrected chi connectivity index (χ3v) is 5.52. The SMILES string of the molecule is O=C(NCC(O)C(O)c1ccc(O)c([N+](=O)[O-])n1)OCC1c2ccccc2-c2ccccc21. The third kappa shape index (κ3) is 4.47. The second-order valence-corrected chi connectivity index (χ2v) is 7.55. The van der Waals surface area contributed by atoms with Gasteiger partial charge in [-0.15, -0.1) is 0 Å². The first-order valence-corrected chi connectivity index (χ1v) is 10.2. The van der Waals surface area contributed by atoms with E-state index in [0.29, 0.717) is 0 Å². The average molecular weight is 451 g/mol. The second kappa shape index (κ2) is 9.23. The molecule has 33 heavy (non-hydrogen) atoms. The van der Waals surface area contributed by atoms with Gasteiger partial charge in [0.15, 0.2) is 5.69 Å². The van der Waals surface area contributed by atoms with Gasteiger partial charge in [0.05, 0.1) is 0 Å². The summed E-state index contributed by atoms with van der Waals surface area (Å²) in [4.78, 5) is 25.7. The molecule has 1 amide bonds. The van der Waals surface area contributed by atoms with E-state index in [9.17, 15) is 30.2 Å². The summed E-state index contributed by atoms with van der Waals surface area (Å²) < 4.78 is 5.36. The molecule has 170 valence electrons. The maximum Gasteiger partial charge on any atom is 0.407 e.